The number of benzene rings is 1. The fourth-order valence-corrected chi connectivity index (χ4v) is 2.71. The van der Waals surface area contributed by atoms with E-state index in [0.29, 0.717) is 21.1 Å². The Morgan fingerprint density at radius 3 is 3.05 bits per heavy atom. The summed E-state index contributed by atoms with van der Waals surface area (Å²) in [6, 6.07) is 5.09. The predicted octanol–water partition coefficient (Wildman–Crippen LogP) is 3.10. The fraction of sp³-hybridized carbons (Fsp3) is 0.385. The van der Waals surface area contributed by atoms with Crippen molar-refractivity contribution in [3.05, 3.63) is 33.6 Å². The number of nitrogens with zero attached hydrogens (tertiary/aromatic N) is 1. The monoisotopic (exact) mass is 298 g/mol. The van der Waals surface area contributed by atoms with Crippen molar-refractivity contribution in [1.29, 1.82) is 0 Å². The molecule has 0 aliphatic heterocycles. The standard InChI is InChI=1S/C13H15ClN2O2S/c1-18-6-2-3-7-19-13-15-11-8-9(14)4-5-10(11)12(17)16-13/h4-5,8H,2-3,6-7H2,1H3,(H,15,16,17). The number of hydrogen-bond donors (Lipinski definition) is 1. The average molecular weight is 299 g/mol. The van der Waals surface area contributed by atoms with E-state index in [1.54, 1.807) is 37.1 Å². The molecule has 0 unspecified atom stereocenters. The number of fused-ring (bicyclic) bond motifs is 1. The van der Waals surface area contributed by atoms with Gasteiger partial charge in [0.2, 0.25) is 0 Å². The number of H-pyrrole nitrogens is 1. The van der Waals surface area contributed by atoms with Crippen molar-refractivity contribution < 1.29 is 4.74 Å². The third-order valence-corrected chi connectivity index (χ3v) is 3.82. The summed E-state index contributed by atoms with van der Waals surface area (Å²) in [4.78, 5) is 19.1. The van der Waals surface area contributed by atoms with Crippen molar-refractivity contribution in [3.63, 3.8) is 0 Å². The van der Waals surface area contributed by atoms with E-state index in [-0.39, 0.29) is 5.56 Å². The lowest BCUT2D eigenvalue weighted by atomic mass is 10.2. The molecule has 1 heterocycles. The van der Waals surface area contributed by atoms with E-state index in [2.05, 4.69) is 9.97 Å². The minimum atomic E-state index is -0.124. The third kappa shape index (κ3) is 3.96. The SMILES string of the molecule is COCCCCSc1nc2cc(Cl)ccc2c(=O)[nH]1. The van der Waals surface area contributed by atoms with Gasteiger partial charge in [0.15, 0.2) is 5.16 Å². The topological polar surface area (TPSA) is 55.0 Å². The van der Waals surface area contributed by atoms with Crippen molar-refractivity contribution in [2.45, 2.75) is 18.0 Å². The maximum atomic E-state index is 11.9. The van der Waals surface area contributed by atoms with Gasteiger partial charge in [-0.25, -0.2) is 4.98 Å². The van der Waals surface area contributed by atoms with Gasteiger partial charge in [-0.05, 0) is 31.0 Å². The summed E-state index contributed by atoms with van der Waals surface area (Å²) >= 11 is 7.45. The Hall–Kier alpha value is -1.04. The molecule has 0 fully saturated rings. The molecule has 0 saturated heterocycles. The molecular formula is C13H15ClN2O2S. The molecule has 102 valence electrons. The summed E-state index contributed by atoms with van der Waals surface area (Å²) in [5.74, 6) is 0.901. The van der Waals surface area contributed by atoms with Crippen LogP contribution in [0.1, 0.15) is 12.8 Å². The Morgan fingerprint density at radius 2 is 2.26 bits per heavy atom. The largest absolute Gasteiger partial charge is 0.385 e. The van der Waals surface area contributed by atoms with Gasteiger partial charge in [-0.15, -0.1) is 0 Å². The first-order chi connectivity index (χ1) is 9.20. The van der Waals surface area contributed by atoms with Crippen LogP contribution in [0.3, 0.4) is 0 Å². The number of ether oxygens (including phenoxy) is 1. The Balaban J connectivity index is 2.09. The van der Waals surface area contributed by atoms with Crippen LogP contribution in [0.25, 0.3) is 10.9 Å². The van der Waals surface area contributed by atoms with Crippen LogP contribution in [0.4, 0.5) is 0 Å². The smallest absolute Gasteiger partial charge is 0.259 e. The second-order valence-electron chi connectivity index (χ2n) is 4.08. The molecule has 0 bridgehead atoms. The van der Waals surface area contributed by atoms with Gasteiger partial charge in [0.25, 0.3) is 5.56 Å². The molecule has 1 aromatic heterocycles. The van der Waals surface area contributed by atoms with Crippen LogP contribution in [0, 0.1) is 0 Å². The van der Waals surface area contributed by atoms with Crippen molar-refractivity contribution in [2.75, 3.05) is 19.5 Å². The molecule has 2 rings (SSSR count). The Bertz CT molecular complexity index is 615. The lowest BCUT2D eigenvalue weighted by Crippen LogP contribution is -2.09. The maximum absolute atomic E-state index is 11.9. The summed E-state index contributed by atoms with van der Waals surface area (Å²) in [5, 5.41) is 1.78. The zero-order valence-electron chi connectivity index (χ0n) is 10.6. The lowest BCUT2D eigenvalue weighted by molar-refractivity contribution is 0.194. The number of thioether (sulfide) groups is 1. The summed E-state index contributed by atoms with van der Waals surface area (Å²) in [6.45, 7) is 0.762. The molecule has 0 radical (unpaired) electrons. The number of methoxy groups -OCH3 is 1. The maximum Gasteiger partial charge on any atom is 0.259 e. The van der Waals surface area contributed by atoms with Crippen LogP contribution >= 0.6 is 23.4 Å². The van der Waals surface area contributed by atoms with Crippen molar-refractivity contribution >= 4 is 34.3 Å². The minimum Gasteiger partial charge on any atom is -0.385 e. The van der Waals surface area contributed by atoms with Crippen LogP contribution in [0.2, 0.25) is 5.02 Å². The third-order valence-electron chi connectivity index (χ3n) is 2.63. The second kappa shape index (κ2) is 6.93. The van der Waals surface area contributed by atoms with E-state index in [0.717, 1.165) is 25.2 Å². The summed E-state index contributed by atoms with van der Waals surface area (Å²) in [7, 11) is 1.69. The Morgan fingerprint density at radius 1 is 1.42 bits per heavy atom. The highest BCUT2D eigenvalue weighted by Crippen LogP contribution is 2.19. The summed E-state index contributed by atoms with van der Waals surface area (Å²) < 4.78 is 4.99. The van der Waals surface area contributed by atoms with E-state index < -0.39 is 0 Å². The molecule has 0 spiro atoms. The number of aromatic amines is 1. The van der Waals surface area contributed by atoms with Gasteiger partial charge < -0.3 is 9.72 Å². The highest BCUT2D eigenvalue weighted by Gasteiger charge is 2.04. The number of aromatic nitrogens is 2. The molecule has 0 aliphatic carbocycles. The van der Waals surface area contributed by atoms with Gasteiger partial charge in [-0.1, -0.05) is 23.4 Å². The van der Waals surface area contributed by atoms with E-state index in [9.17, 15) is 4.79 Å². The highest BCUT2D eigenvalue weighted by molar-refractivity contribution is 7.99. The van der Waals surface area contributed by atoms with Crippen LogP contribution in [-0.2, 0) is 4.74 Å². The van der Waals surface area contributed by atoms with Crippen molar-refractivity contribution in [2.24, 2.45) is 0 Å². The summed E-state index contributed by atoms with van der Waals surface area (Å²) in [5.41, 5.74) is 0.511. The molecule has 19 heavy (non-hydrogen) atoms. The number of halogens is 1. The normalized spacial score (nSPS) is 11.1. The number of nitrogens with one attached hydrogen (secondary N) is 1. The molecule has 0 atom stereocenters. The minimum absolute atomic E-state index is 0.124. The summed E-state index contributed by atoms with van der Waals surface area (Å²) in [6.07, 6.45) is 2.03. The van der Waals surface area contributed by atoms with Crippen molar-refractivity contribution in [3.8, 4) is 0 Å². The van der Waals surface area contributed by atoms with E-state index in [4.69, 9.17) is 16.3 Å². The lowest BCUT2D eigenvalue weighted by Gasteiger charge is -2.03. The van der Waals surface area contributed by atoms with Gasteiger partial charge in [0.05, 0.1) is 10.9 Å². The van der Waals surface area contributed by atoms with Crippen molar-refractivity contribution in [1.82, 2.24) is 9.97 Å². The molecule has 0 amide bonds. The first kappa shape index (κ1) is 14.4. The first-order valence-corrected chi connectivity index (χ1v) is 7.38. The first-order valence-electron chi connectivity index (χ1n) is 6.02. The van der Waals surface area contributed by atoms with Gasteiger partial charge in [-0.2, -0.15) is 0 Å². The molecule has 0 aliphatic rings. The Kier molecular flexibility index (Phi) is 5.24. The fourth-order valence-electron chi connectivity index (χ4n) is 1.68. The zero-order chi connectivity index (χ0) is 13.7. The second-order valence-corrected chi connectivity index (χ2v) is 5.60. The molecule has 2 aromatic rings. The number of hydrogen-bond acceptors (Lipinski definition) is 4. The van der Waals surface area contributed by atoms with E-state index in [1.807, 2.05) is 0 Å². The highest BCUT2D eigenvalue weighted by atomic mass is 35.5. The van der Waals surface area contributed by atoms with Gasteiger partial charge in [0.1, 0.15) is 0 Å². The Labute approximate surface area is 120 Å². The van der Waals surface area contributed by atoms with Gasteiger partial charge in [0, 0.05) is 24.5 Å². The zero-order valence-corrected chi connectivity index (χ0v) is 12.2. The molecular weight excluding hydrogens is 284 g/mol. The average Bonchev–Trinajstić information content (AvgIpc) is 2.38. The van der Waals surface area contributed by atoms with Gasteiger partial charge >= 0.3 is 0 Å². The molecule has 6 heteroatoms. The quantitative estimate of drug-likeness (QED) is 0.506. The van der Waals surface area contributed by atoms with Crippen LogP contribution < -0.4 is 5.56 Å². The van der Waals surface area contributed by atoms with Crippen LogP contribution in [0.5, 0.6) is 0 Å². The number of unbranched alkanes of at least 4 members (excludes halogenated alkanes) is 1. The molecule has 4 nitrogen and oxygen atoms in total. The predicted molar refractivity (Wildman–Crippen MR) is 79.2 cm³/mol. The molecule has 0 saturated carbocycles. The van der Waals surface area contributed by atoms with Crippen LogP contribution in [0.15, 0.2) is 28.2 Å². The van der Waals surface area contributed by atoms with E-state index >= 15 is 0 Å². The van der Waals surface area contributed by atoms with Crippen LogP contribution in [-0.4, -0.2) is 29.4 Å². The van der Waals surface area contributed by atoms with E-state index in [1.165, 1.54) is 0 Å². The molecule has 1 aromatic carbocycles. The number of rotatable bonds is 6. The van der Waals surface area contributed by atoms with Gasteiger partial charge in [-0.3, -0.25) is 4.79 Å². The molecule has 1 N–H and O–H groups in total.